The predicted molar refractivity (Wildman–Crippen MR) is 80.6 cm³/mol. The van der Waals surface area contributed by atoms with E-state index in [9.17, 15) is 18.0 Å². The summed E-state index contributed by atoms with van der Waals surface area (Å²) in [6, 6.07) is 6.48. The molecule has 1 aromatic carbocycles. The van der Waals surface area contributed by atoms with Gasteiger partial charge >= 0.3 is 6.18 Å². The molecule has 0 aliphatic carbocycles. The fraction of sp³-hybridized carbons (Fsp3) is 0.375. The molecule has 0 spiro atoms. The molecule has 4 nitrogen and oxygen atoms in total. The number of hydrogen-bond donors (Lipinski definition) is 0. The molecule has 1 amide bonds. The van der Waals surface area contributed by atoms with Crippen molar-refractivity contribution in [2.75, 3.05) is 13.1 Å². The second-order valence-electron chi connectivity index (χ2n) is 5.13. The maximum absolute atomic E-state index is 13.5. The highest BCUT2D eigenvalue weighted by molar-refractivity contribution is 5.95. The normalized spacial score (nSPS) is 11.6. The fourth-order valence-corrected chi connectivity index (χ4v) is 2.34. The largest absolute Gasteiger partial charge is 0.434 e. The van der Waals surface area contributed by atoms with Gasteiger partial charge in [-0.05, 0) is 32.9 Å². The lowest BCUT2D eigenvalue weighted by Gasteiger charge is -2.19. The number of alkyl halides is 3. The Morgan fingerprint density at radius 2 is 1.74 bits per heavy atom. The van der Waals surface area contributed by atoms with Crippen LogP contribution in [0.3, 0.4) is 0 Å². The summed E-state index contributed by atoms with van der Waals surface area (Å²) in [4.78, 5) is 13.7. The van der Waals surface area contributed by atoms with Gasteiger partial charge in [-0.25, -0.2) is 4.68 Å². The molecule has 0 radical (unpaired) electrons. The van der Waals surface area contributed by atoms with Crippen LogP contribution in [-0.4, -0.2) is 33.7 Å². The van der Waals surface area contributed by atoms with E-state index in [1.165, 1.54) is 4.90 Å². The Morgan fingerprint density at radius 1 is 1.17 bits per heavy atom. The monoisotopic (exact) mass is 325 g/mol. The van der Waals surface area contributed by atoms with Crippen molar-refractivity contribution >= 4 is 5.91 Å². The first kappa shape index (κ1) is 17.1. The van der Waals surface area contributed by atoms with Crippen LogP contribution >= 0.6 is 0 Å². The molecule has 2 aromatic rings. The third-order valence-electron chi connectivity index (χ3n) is 3.60. The highest BCUT2D eigenvalue weighted by atomic mass is 19.4. The number of benzene rings is 1. The minimum Gasteiger partial charge on any atom is -0.339 e. The van der Waals surface area contributed by atoms with Crippen LogP contribution in [0.15, 0.2) is 30.5 Å². The van der Waals surface area contributed by atoms with Crippen LogP contribution in [0.1, 0.15) is 35.5 Å². The highest BCUT2D eigenvalue weighted by Crippen LogP contribution is 2.34. The van der Waals surface area contributed by atoms with E-state index in [1.54, 1.807) is 38.1 Å². The molecule has 0 aliphatic rings. The van der Waals surface area contributed by atoms with Gasteiger partial charge in [-0.2, -0.15) is 18.3 Å². The van der Waals surface area contributed by atoms with Gasteiger partial charge in [0.15, 0.2) is 5.69 Å². The second-order valence-corrected chi connectivity index (χ2v) is 5.13. The Kier molecular flexibility index (Phi) is 4.77. The van der Waals surface area contributed by atoms with Gasteiger partial charge < -0.3 is 4.90 Å². The summed E-state index contributed by atoms with van der Waals surface area (Å²) in [5.41, 5.74) is -0.282. The lowest BCUT2D eigenvalue weighted by molar-refractivity contribution is -0.143. The average molecular weight is 325 g/mol. The standard InChI is InChI=1S/C16H18F3N3O/c1-4-21(5-2)15(23)13-10-20-22(14(13)16(17,18)19)12-8-6-11(3)7-9-12/h6-10H,4-5H2,1-3H3. The SMILES string of the molecule is CCN(CC)C(=O)c1cnn(-c2ccc(C)cc2)c1C(F)(F)F. The van der Waals surface area contributed by atoms with E-state index in [0.717, 1.165) is 16.4 Å². The molecule has 7 heteroatoms. The number of hydrogen-bond acceptors (Lipinski definition) is 2. The molecule has 0 saturated carbocycles. The van der Waals surface area contributed by atoms with E-state index in [1.807, 2.05) is 6.92 Å². The summed E-state index contributed by atoms with van der Waals surface area (Å²) < 4.78 is 41.3. The first-order chi connectivity index (χ1) is 10.8. The van der Waals surface area contributed by atoms with E-state index in [2.05, 4.69) is 5.10 Å². The van der Waals surface area contributed by atoms with E-state index in [0.29, 0.717) is 13.1 Å². The smallest absolute Gasteiger partial charge is 0.339 e. The van der Waals surface area contributed by atoms with Crippen LogP contribution in [-0.2, 0) is 6.18 Å². The van der Waals surface area contributed by atoms with Crippen molar-refractivity contribution in [2.45, 2.75) is 26.9 Å². The number of aryl methyl sites for hydroxylation is 1. The topological polar surface area (TPSA) is 38.1 Å². The van der Waals surface area contributed by atoms with Crippen molar-refractivity contribution in [1.29, 1.82) is 0 Å². The molecule has 1 aromatic heterocycles. The van der Waals surface area contributed by atoms with Crippen LogP contribution < -0.4 is 0 Å². The highest BCUT2D eigenvalue weighted by Gasteiger charge is 2.41. The second kappa shape index (κ2) is 6.44. The van der Waals surface area contributed by atoms with Gasteiger partial charge in [0.2, 0.25) is 0 Å². The van der Waals surface area contributed by atoms with Crippen molar-refractivity contribution in [2.24, 2.45) is 0 Å². The number of aromatic nitrogens is 2. The molecule has 2 rings (SSSR count). The average Bonchev–Trinajstić information content (AvgIpc) is 2.94. The number of rotatable bonds is 4. The van der Waals surface area contributed by atoms with E-state index < -0.39 is 23.3 Å². The third kappa shape index (κ3) is 3.38. The maximum Gasteiger partial charge on any atom is 0.434 e. The number of halogens is 3. The van der Waals surface area contributed by atoms with E-state index in [4.69, 9.17) is 0 Å². The Labute approximate surface area is 132 Å². The summed E-state index contributed by atoms with van der Waals surface area (Å²) >= 11 is 0. The number of nitrogens with zero attached hydrogens (tertiary/aromatic N) is 3. The zero-order valence-corrected chi connectivity index (χ0v) is 13.2. The van der Waals surface area contributed by atoms with E-state index in [-0.39, 0.29) is 5.69 Å². The summed E-state index contributed by atoms with van der Waals surface area (Å²) in [6.07, 6.45) is -3.69. The molecule has 0 saturated heterocycles. The predicted octanol–water partition coefficient (Wildman–Crippen LogP) is 3.68. The minimum atomic E-state index is -4.68. The van der Waals surface area contributed by atoms with Crippen LogP contribution in [0.25, 0.3) is 5.69 Å². The molecule has 0 N–H and O–H groups in total. The van der Waals surface area contributed by atoms with Crippen LogP contribution in [0.2, 0.25) is 0 Å². The summed E-state index contributed by atoms with van der Waals surface area (Å²) in [6.45, 7) is 5.95. The van der Waals surface area contributed by atoms with Crippen LogP contribution in [0, 0.1) is 6.92 Å². The quantitative estimate of drug-likeness (QED) is 0.860. The molecule has 0 atom stereocenters. The van der Waals surface area contributed by atoms with Gasteiger partial charge in [-0.3, -0.25) is 4.79 Å². The Hall–Kier alpha value is -2.31. The first-order valence-electron chi connectivity index (χ1n) is 7.31. The summed E-state index contributed by atoms with van der Waals surface area (Å²) in [5.74, 6) is -0.666. The van der Waals surface area contributed by atoms with Crippen LogP contribution in [0.5, 0.6) is 0 Å². The van der Waals surface area contributed by atoms with Crippen molar-refractivity contribution in [3.8, 4) is 5.69 Å². The zero-order valence-electron chi connectivity index (χ0n) is 13.2. The fourth-order valence-electron chi connectivity index (χ4n) is 2.34. The number of amides is 1. The molecule has 124 valence electrons. The maximum atomic E-state index is 13.5. The Balaban J connectivity index is 2.58. The van der Waals surface area contributed by atoms with Crippen molar-refractivity contribution in [3.63, 3.8) is 0 Å². The third-order valence-corrected chi connectivity index (χ3v) is 3.60. The molecule has 23 heavy (non-hydrogen) atoms. The van der Waals surface area contributed by atoms with Gasteiger partial charge in [-0.1, -0.05) is 17.7 Å². The lowest BCUT2D eigenvalue weighted by Crippen LogP contribution is -2.32. The molecule has 1 heterocycles. The Morgan fingerprint density at radius 3 is 2.22 bits per heavy atom. The molecule has 0 aliphatic heterocycles. The van der Waals surface area contributed by atoms with Gasteiger partial charge in [0.05, 0.1) is 17.4 Å². The van der Waals surface area contributed by atoms with E-state index >= 15 is 0 Å². The van der Waals surface area contributed by atoms with Crippen LogP contribution in [0.4, 0.5) is 13.2 Å². The molecule has 0 bridgehead atoms. The zero-order chi connectivity index (χ0) is 17.2. The molecule has 0 unspecified atom stereocenters. The molecular formula is C16H18F3N3O. The van der Waals surface area contributed by atoms with Crippen molar-refractivity contribution < 1.29 is 18.0 Å². The summed E-state index contributed by atoms with van der Waals surface area (Å²) in [5, 5.41) is 3.80. The molecular weight excluding hydrogens is 307 g/mol. The van der Waals surface area contributed by atoms with Gasteiger partial charge in [0.25, 0.3) is 5.91 Å². The molecule has 0 fully saturated rings. The van der Waals surface area contributed by atoms with Gasteiger partial charge in [0, 0.05) is 13.1 Å². The summed E-state index contributed by atoms with van der Waals surface area (Å²) in [7, 11) is 0. The van der Waals surface area contributed by atoms with Crippen molar-refractivity contribution in [1.82, 2.24) is 14.7 Å². The van der Waals surface area contributed by atoms with Gasteiger partial charge in [-0.15, -0.1) is 0 Å². The van der Waals surface area contributed by atoms with Crippen molar-refractivity contribution in [3.05, 3.63) is 47.3 Å². The van der Waals surface area contributed by atoms with Gasteiger partial charge in [0.1, 0.15) is 0 Å². The number of carbonyl (C=O) groups excluding carboxylic acids is 1. The number of carbonyl (C=O) groups is 1. The minimum absolute atomic E-state index is 0.265. The Bertz CT molecular complexity index is 686. The first-order valence-corrected chi connectivity index (χ1v) is 7.31. The lowest BCUT2D eigenvalue weighted by atomic mass is 10.2.